The molecule has 9 N–H and O–H groups in total. The summed E-state index contributed by atoms with van der Waals surface area (Å²) >= 11 is 0. The number of rotatable bonds is 51. The monoisotopic (exact) mass is 1530 g/mol. The minimum atomic E-state index is -5.15. The lowest BCUT2D eigenvalue weighted by molar-refractivity contribution is -0.167. The number of ether oxygens (including phenoxy) is 7. The molecule has 3 aliphatic rings. The normalized spacial score (nSPS) is 21.7. The van der Waals surface area contributed by atoms with Crippen LogP contribution in [-0.4, -0.2) is 173 Å². The van der Waals surface area contributed by atoms with Crippen molar-refractivity contribution in [1.82, 2.24) is 58.6 Å². The Balaban J connectivity index is 0.747. The van der Waals surface area contributed by atoms with E-state index in [1.165, 1.54) is 161 Å². The summed E-state index contributed by atoms with van der Waals surface area (Å²) in [6.07, 6.45) is 25.1. The van der Waals surface area contributed by atoms with Crippen LogP contribution in [0.1, 0.15) is 244 Å². The van der Waals surface area contributed by atoms with E-state index in [4.69, 9.17) is 68.5 Å². The minimum absolute atomic E-state index is 0.0153. The number of unbranched alkanes of at least 4 members (excludes halogenated alkanes) is 24. The van der Waals surface area contributed by atoms with Gasteiger partial charge in [-0.25, -0.2) is 54.0 Å². The number of esters is 4. The van der Waals surface area contributed by atoms with Gasteiger partial charge in [-0.3, -0.25) is 51.0 Å². The lowest BCUT2D eigenvalue weighted by Gasteiger charge is -2.23. The number of carbonyl (C=O) groups excluding carboxylic acids is 4. The quantitative estimate of drug-likeness (QED) is 0.00894. The minimum Gasteiger partial charge on any atom is -0.463 e. The van der Waals surface area contributed by atoms with Gasteiger partial charge in [-0.15, -0.1) is 0 Å². The lowest BCUT2D eigenvalue weighted by Crippen LogP contribution is -2.31. The van der Waals surface area contributed by atoms with Gasteiger partial charge >= 0.3 is 39.5 Å². The van der Waals surface area contributed by atoms with Gasteiger partial charge in [0.2, 0.25) is 0 Å². The van der Waals surface area contributed by atoms with Gasteiger partial charge in [-0.1, -0.05) is 168 Å². The molecule has 0 aromatic carbocycles. The fourth-order valence-electron chi connectivity index (χ4n) is 13.3. The first-order valence-electron chi connectivity index (χ1n) is 37.7. The van der Waals surface area contributed by atoms with Crippen LogP contribution in [0, 0.1) is 0 Å². The van der Waals surface area contributed by atoms with E-state index in [1.807, 2.05) is 0 Å². The molecule has 0 spiro atoms. The third-order valence-electron chi connectivity index (χ3n) is 18.9. The Kier molecular flexibility index (Phi) is 33.4. The van der Waals surface area contributed by atoms with E-state index in [2.05, 4.69) is 58.7 Å². The average molecular weight is 1530 g/mol. The van der Waals surface area contributed by atoms with E-state index >= 15 is 0 Å². The van der Waals surface area contributed by atoms with E-state index in [0.29, 0.717) is 12.8 Å². The Labute approximate surface area is 616 Å². The molecule has 6 aromatic rings. The number of phosphoric ester groups is 2. The number of anilines is 3. The smallest absolute Gasteiger partial charge is 0.463 e. The van der Waals surface area contributed by atoms with Crippen molar-refractivity contribution in [3.05, 3.63) is 38.0 Å². The first-order valence-corrected chi connectivity index (χ1v) is 40.7. The summed E-state index contributed by atoms with van der Waals surface area (Å²) in [5.74, 6) is -2.43. The molecule has 0 amide bonds. The summed E-state index contributed by atoms with van der Waals surface area (Å²) < 4.78 is 95.6. The number of hydrogen-bond donors (Lipinski definition) is 6. The number of aromatic nitrogens is 12. The van der Waals surface area contributed by atoms with E-state index in [1.54, 1.807) is 0 Å². The molecular weight excluding hydrogens is 1420 g/mol. The Morgan fingerprint density at radius 3 is 1.18 bits per heavy atom. The van der Waals surface area contributed by atoms with Crippen LogP contribution >= 0.6 is 15.6 Å². The van der Waals surface area contributed by atoms with Gasteiger partial charge in [0, 0.05) is 32.1 Å². The van der Waals surface area contributed by atoms with Crippen molar-refractivity contribution in [1.29, 1.82) is 0 Å². The molecule has 12 atom stereocenters. The van der Waals surface area contributed by atoms with Crippen molar-refractivity contribution in [3.63, 3.8) is 0 Å². The molecule has 3 fully saturated rings. The SMILES string of the molecule is CCCCCCCCCCCCCCCC(=O)OCC(COC(=O)CCC(=O)OCC1CC(OP(=O)(O)OCC2CC(OP(=O)(O)OCC3CC(O)C(n4cnc5c(N)ncnc54)O3)C(n3cnc4c(N)ncnc43)O2)C(n2cnc3c(N)ncnc32)O1)OC(=O)CCCCCCCCCCCCCCC. The molecular formula is C69H107N15O20P2. The number of carbonyl (C=O) groups is 4. The number of aliphatic hydroxyl groups excluding tert-OH is 1. The number of phosphoric acid groups is 2. The zero-order chi connectivity index (χ0) is 75.3. The molecule has 3 saturated heterocycles. The summed E-state index contributed by atoms with van der Waals surface area (Å²) in [4.78, 5) is 113. The number of aliphatic hydroxyl groups is 1. The number of nitrogens with zero attached hydrogens (tertiary/aromatic N) is 12. The van der Waals surface area contributed by atoms with Gasteiger partial charge in [0.15, 0.2) is 59.2 Å². The van der Waals surface area contributed by atoms with Crippen molar-refractivity contribution in [3.8, 4) is 0 Å². The van der Waals surface area contributed by atoms with Crippen LogP contribution in [0.25, 0.3) is 33.5 Å². The molecule has 6 aromatic heterocycles. The van der Waals surface area contributed by atoms with Crippen molar-refractivity contribution in [2.75, 3.05) is 50.2 Å². The summed E-state index contributed by atoms with van der Waals surface area (Å²) in [6.45, 7) is 2.10. The van der Waals surface area contributed by atoms with Crippen LogP contribution < -0.4 is 17.2 Å². The molecule has 588 valence electrons. The molecule has 0 bridgehead atoms. The summed E-state index contributed by atoms with van der Waals surface area (Å²) in [5, 5.41) is 11.0. The maximum absolute atomic E-state index is 14.1. The molecule has 35 nitrogen and oxygen atoms in total. The first kappa shape index (κ1) is 83.0. The van der Waals surface area contributed by atoms with Crippen LogP contribution in [0.2, 0.25) is 0 Å². The maximum atomic E-state index is 14.1. The van der Waals surface area contributed by atoms with Gasteiger partial charge in [-0.05, 0) is 12.8 Å². The molecule has 3 aliphatic heterocycles. The molecule has 9 heterocycles. The van der Waals surface area contributed by atoms with Crippen LogP contribution in [0.4, 0.5) is 17.5 Å². The van der Waals surface area contributed by atoms with Gasteiger partial charge in [0.1, 0.15) is 73.7 Å². The fraction of sp³-hybridized carbons (Fsp3) is 0.725. The second-order valence-corrected chi connectivity index (χ2v) is 30.2. The molecule has 37 heteroatoms. The van der Waals surface area contributed by atoms with Crippen molar-refractivity contribution < 1.29 is 94.5 Å². The number of nitrogen functional groups attached to an aromatic ring is 3. The van der Waals surface area contributed by atoms with E-state index < -0.39 is 140 Å². The number of imidazole rings is 3. The molecule has 0 aliphatic carbocycles. The third kappa shape index (κ3) is 25.8. The third-order valence-corrected chi connectivity index (χ3v) is 20.9. The van der Waals surface area contributed by atoms with E-state index in [0.717, 1.165) is 44.9 Å². The maximum Gasteiger partial charge on any atom is 0.472 e. The average Bonchev–Trinajstić information content (AvgIpc) is 1.64. The predicted octanol–water partition coefficient (Wildman–Crippen LogP) is 10.8. The highest BCUT2D eigenvalue weighted by Crippen LogP contribution is 2.53. The van der Waals surface area contributed by atoms with E-state index in [-0.39, 0.29) is 89.7 Å². The zero-order valence-electron chi connectivity index (χ0n) is 60.9. The molecule has 0 radical (unpaired) electrons. The first-order chi connectivity index (χ1) is 51.3. The van der Waals surface area contributed by atoms with Gasteiger partial charge in [-0.2, -0.15) is 0 Å². The van der Waals surface area contributed by atoms with Crippen LogP contribution in [0.5, 0.6) is 0 Å². The Bertz CT molecular complexity index is 3810. The Morgan fingerprint density at radius 1 is 0.443 bits per heavy atom. The number of hydrogen-bond acceptors (Lipinski definition) is 30. The van der Waals surface area contributed by atoms with Gasteiger partial charge < -0.3 is 65.3 Å². The summed E-state index contributed by atoms with van der Waals surface area (Å²) in [5.41, 5.74) is 19.4. The Hall–Kier alpha value is -7.01. The highest BCUT2D eigenvalue weighted by atomic mass is 31.2. The van der Waals surface area contributed by atoms with Crippen molar-refractivity contribution in [2.24, 2.45) is 0 Å². The topological polar surface area (TPSA) is 473 Å². The largest absolute Gasteiger partial charge is 0.472 e. The molecule has 106 heavy (non-hydrogen) atoms. The number of fused-ring (bicyclic) bond motifs is 3. The lowest BCUT2D eigenvalue weighted by atomic mass is 10.0. The van der Waals surface area contributed by atoms with E-state index in [9.17, 15) is 43.2 Å². The highest BCUT2D eigenvalue weighted by molar-refractivity contribution is 7.47. The molecule has 0 saturated carbocycles. The van der Waals surface area contributed by atoms with Crippen LogP contribution in [0.3, 0.4) is 0 Å². The van der Waals surface area contributed by atoms with Crippen molar-refractivity contribution >= 4 is 90.5 Å². The van der Waals surface area contributed by atoms with Crippen LogP contribution in [0.15, 0.2) is 38.0 Å². The Morgan fingerprint density at radius 2 is 0.774 bits per heavy atom. The summed E-state index contributed by atoms with van der Waals surface area (Å²) in [6, 6.07) is 0. The highest BCUT2D eigenvalue weighted by Gasteiger charge is 2.47. The van der Waals surface area contributed by atoms with Gasteiger partial charge in [0.05, 0.1) is 63.3 Å². The van der Waals surface area contributed by atoms with Crippen molar-refractivity contribution in [2.45, 2.75) is 287 Å². The standard InChI is InChI=1S/C69H107N15O20P2/c1-3-5-7-9-11-13-15-17-19-21-23-25-27-29-54(86)95-37-50(99-57(89)30-28-26-24-22-20-18-16-14-12-10-8-6-4-2)38-96-56(88)32-31-55(87)94-36-48-34-52(68(101-48)83-45-80-59-62(71)74-42-77-65(59)83)103-106(92,93)98-40-49-35-53(69(102-49)84-46-81-60-63(72)75-43-78-66(60)84)104-105(90,91)97-39-47-33-51(85)67(100-47)82-44-79-58-61(70)73-41-76-64(58)82/h41-53,67-69,85H,3-40H2,1-2H3,(H,90,91)(H,92,93)(H2,70,73,76)(H2,71,74,77)(H2,72,75,78). The fourth-order valence-corrected chi connectivity index (χ4v) is 15.1. The van der Waals surface area contributed by atoms with Crippen LogP contribution in [-0.2, 0) is 79.6 Å². The molecule has 9 rings (SSSR count). The number of nitrogens with two attached hydrogens (primary N) is 3. The predicted molar refractivity (Wildman–Crippen MR) is 385 cm³/mol. The molecule has 12 unspecified atom stereocenters. The summed E-state index contributed by atoms with van der Waals surface area (Å²) in [7, 11) is -10.2. The second-order valence-electron chi connectivity index (χ2n) is 27.4. The zero-order valence-corrected chi connectivity index (χ0v) is 62.7. The van der Waals surface area contributed by atoms with Gasteiger partial charge in [0.25, 0.3) is 0 Å². The second kappa shape index (κ2) is 42.7.